The number of amides is 1. The Morgan fingerprint density at radius 3 is 2.50 bits per heavy atom. The number of hydrogen-bond acceptors (Lipinski definition) is 5. The van der Waals surface area contributed by atoms with Gasteiger partial charge in [-0.3, -0.25) is 4.79 Å². The third-order valence-electron chi connectivity index (χ3n) is 7.16. The Kier molecular flexibility index (Phi) is 5.39. The maximum absolute atomic E-state index is 12.2. The molecule has 6 rings (SSSR count). The van der Waals surface area contributed by atoms with Crippen LogP contribution in [0.15, 0.2) is 60.8 Å². The standard InChI is InChI=1S/C29H23N5O2/c30-17-20-4-2-14-32-29(20)36-23-12-13-24-25(18-31)28(34(26(24)16-23)22-5-1-6-22)19-8-10-21(11-9-19)33-15-3-7-27(33)35/h2,4,8-14,16,22H,1,3,5-7,15H2. The molecule has 0 spiro atoms. The predicted molar refractivity (Wildman–Crippen MR) is 136 cm³/mol. The number of hydrogen-bond donors (Lipinski definition) is 0. The van der Waals surface area contributed by atoms with Gasteiger partial charge in [0.25, 0.3) is 0 Å². The highest BCUT2D eigenvalue weighted by Gasteiger charge is 2.28. The van der Waals surface area contributed by atoms with Gasteiger partial charge in [-0.05, 0) is 67.6 Å². The van der Waals surface area contributed by atoms with Crippen molar-refractivity contribution < 1.29 is 9.53 Å². The van der Waals surface area contributed by atoms with E-state index in [1.54, 1.807) is 18.3 Å². The van der Waals surface area contributed by atoms with Crippen LogP contribution in [0.2, 0.25) is 0 Å². The first-order chi connectivity index (χ1) is 17.7. The normalized spacial score (nSPS) is 15.5. The highest BCUT2D eigenvalue weighted by molar-refractivity contribution is 5.97. The molecule has 1 saturated heterocycles. The van der Waals surface area contributed by atoms with E-state index in [1.165, 1.54) is 0 Å². The van der Waals surface area contributed by atoms with Crippen LogP contribution < -0.4 is 9.64 Å². The van der Waals surface area contributed by atoms with Gasteiger partial charge in [0, 0.05) is 42.3 Å². The van der Waals surface area contributed by atoms with Crippen LogP contribution >= 0.6 is 0 Å². The Bertz CT molecular complexity index is 1570. The summed E-state index contributed by atoms with van der Waals surface area (Å²) in [7, 11) is 0. The zero-order valence-electron chi connectivity index (χ0n) is 19.6. The Balaban J connectivity index is 1.46. The van der Waals surface area contributed by atoms with Gasteiger partial charge in [-0.1, -0.05) is 12.1 Å². The van der Waals surface area contributed by atoms with E-state index >= 15 is 0 Å². The smallest absolute Gasteiger partial charge is 0.237 e. The Hall–Kier alpha value is -4.62. The Labute approximate surface area is 208 Å². The molecule has 7 heteroatoms. The number of pyridine rings is 1. The van der Waals surface area contributed by atoms with Crippen molar-refractivity contribution >= 4 is 22.5 Å². The van der Waals surface area contributed by atoms with Crippen molar-refractivity contribution in [3.63, 3.8) is 0 Å². The van der Waals surface area contributed by atoms with E-state index in [-0.39, 0.29) is 11.8 Å². The second-order valence-corrected chi connectivity index (χ2v) is 9.23. The summed E-state index contributed by atoms with van der Waals surface area (Å²) in [4.78, 5) is 18.2. The molecular weight excluding hydrogens is 450 g/mol. The lowest BCUT2D eigenvalue weighted by molar-refractivity contribution is -0.117. The van der Waals surface area contributed by atoms with Crippen LogP contribution in [0.4, 0.5) is 5.69 Å². The minimum absolute atomic E-state index is 0.157. The highest BCUT2D eigenvalue weighted by Crippen LogP contribution is 2.44. The predicted octanol–water partition coefficient (Wildman–Crippen LogP) is 6.09. The lowest BCUT2D eigenvalue weighted by Crippen LogP contribution is -2.23. The van der Waals surface area contributed by atoms with Gasteiger partial charge < -0.3 is 14.2 Å². The fourth-order valence-corrected chi connectivity index (χ4v) is 5.16. The molecule has 0 N–H and O–H groups in total. The summed E-state index contributed by atoms with van der Waals surface area (Å²) >= 11 is 0. The van der Waals surface area contributed by atoms with Crippen molar-refractivity contribution in [1.29, 1.82) is 10.5 Å². The van der Waals surface area contributed by atoms with E-state index in [4.69, 9.17) is 4.74 Å². The topological polar surface area (TPSA) is 94.9 Å². The number of rotatable bonds is 5. The van der Waals surface area contributed by atoms with E-state index in [0.717, 1.165) is 60.1 Å². The first-order valence-corrected chi connectivity index (χ1v) is 12.2. The molecule has 1 amide bonds. The number of nitrogens with zero attached hydrogens (tertiary/aromatic N) is 5. The SMILES string of the molecule is N#Cc1cccnc1Oc1ccc2c(C#N)c(-c3ccc(N4CCCC4=O)cc3)n(C3CCC3)c2c1. The van der Waals surface area contributed by atoms with Gasteiger partial charge in [0.05, 0.1) is 16.8 Å². The van der Waals surface area contributed by atoms with Crippen molar-refractivity contribution in [3.8, 4) is 35.0 Å². The molecule has 0 bridgehead atoms. The minimum atomic E-state index is 0.157. The zero-order chi connectivity index (χ0) is 24.6. The highest BCUT2D eigenvalue weighted by atomic mass is 16.5. The molecule has 2 fully saturated rings. The van der Waals surface area contributed by atoms with Gasteiger partial charge in [0.1, 0.15) is 23.5 Å². The third kappa shape index (κ3) is 3.57. The number of ether oxygens (including phenoxy) is 1. The number of fused-ring (bicyclic) bond motifs is 1. The molecule has 3 heterocycles. The van der Waals surface area contributed by atoms with Gasteiger partial charge in [0.2, 0.25) is 11.8 Å². The van der Waals surface area contributed by atoms with Gasteiger partial charge in [-0.2, -0.15) is 10.5 Å². The molecule has 1 aliphatic heterocycles. The maximum Gasteiger partial charge on any atom is 0.237 e. The Morgan fingerprint density at radius 1 is 1.00 bits per heavy atom. The first kappa shape index (κ1) is 21.9. The summed E-state index contributed by atoms with van der Waals surface area (Å²) in [5.41, 5.74) is 4.65. The molecule has 4 aromatic rings. The fraction of sp³-hybridized carbons (Fsp3) is 0.241. The first-order valence-electron chi connectivity index (χ1n) is 12.2. The molecule has 2 aliphatic rings. The second-order valence-electron chi connectivity index (χ2n) is 9.23. The van der Waals surface area contributed by atoms with Gasteiger partial charge in [0.15, 0.2) is 0 Å². The van der Waals surface area contributed by atoms with Crippen LogP contribution in [0.1, 0.15) is 49.3 Å². The lowest BCUT2D eigenvalue weighted by Gasteiger charge is -2.30. The summed E-state index contributed by atoms with van der Waals surface area (Å²) < 4.78 is 8.27. The molecule has 1 saturated carbocycles. The number of aromatic nitrogens is 2. The number of nitriles is 2. The molecule has 1 aliphatic carbocycles. The van der Waals surface area contributed by atoms with Crippen molar-refractivity contribution in [2.75, 3.05) is 11.4 Å². The van der Waals surface area contributed by atoms with E-state index in [0.29, 0.717) is 29.3 Å². The summed E-state index contributed by atoms with van der Waals surface area (Å²) in [6.45, 7) is 0.747. The summed E-state index contributed by atoms with van der Waals surface area (Å²) in [5.74, 6) is 0.979. The van der Waals surface area contributed by atoms with Crippen LogP contribution in [-0.2, 0) is 4.79 Å². The van der Waals surface area contributed by atoms with E-state index in [2.05, 4.69) is 21.7 Å². The van der Waals surface area contributed by atoms with E-state index in [1.807, 2.05) is 47.4 Å². The number of carbonyl (C=O) groups is 1. The summed E-state index contributed by atoms with van der Waals surface area (Å²) in [6.07, 6.45) is 6.31. The van der Waals surface area contributed by atoms with Crippen molar-refractivity contribution in [1.82, 2.24) is 9.55 Å². The molecule has 2 aromatic heterocycles. The number of carbonyl (C=O) groups excluding carboxylic acids is 1. The third-order valence-corrected chi connectivity index (χ3v) is 7.16. The van der Waals surface area contributed by atoms with Crippen molar-refractivity contribution in [3.05, 3.63) is 71.9 Å². The second kappa shape index (κ2) is 8.87. The van der Waals surface area contributed by atoms with Crippen LogP contribution in [0, 0.1) is 22.7 Å². The molecule has 0 atom stereocenters. The fourth-order valence-electron chi connectivity index (χ4n) is 5.16. The summed E-state index contributed by atoms with van der Waals surface area (Å²) in [6, 6.07) is 21.9. The zero-order valence-corrected chi connectivity index (χ0v) is 19.6. The van der Waals surface area contributed by atoms with Crippen LogP contribution in [0.5, 0.6) is 11.6 Å². The maximum atomic E-state index is 12.2. The molecule has 0 unspecified atom stereocenters. The van der Waals surface area contributed by atoms with E-state index < -0.39 is 0 Å². The average Bonchev–Trinajstić information content (AvgIpc) is 3.44. The van der Waals surface area contributed by atoms with Crippen molar-refractivity contribution in [2.24, 2.45) is 0 Å². The monoisotopic (exact) mass is 473 g/mol. The van der Waals surface area contributed by atoms with E-state index in [9.17, 15) is 15.3 Å². The van der Waals surface area contributed by atoms with Crippen LogP contribution in [0.3, 0.4) is 0 Å². The van der Waals surface area contributed by atoms with Crippen LogP contribution in [0.25, 0.3) is 22.2 Å². The Morgan fingerprint density at radius 2 is 1.83 bits per heavy atom. The number of anilines is 1. The molecule has 176 valence electrons. The van der Waals surface area contributed by atoms with Crippen LogP contribution in [-0.4, -0.2) is 22.0 Å². The molecular formula is C29H23N5O2. The lowest BCUT2D eigenvalue weighted by atomic mass is 9.92. The minimum Gasteiger partial charge on any atom is -0.438 e. The molecule has 0 radical (unpaired) electrons. The molecule has 36 heavy (non-hydrogen) atoms. The number of benzene rings is 2. The largest absolute Gasteiger partial charge is 0.438 e. The van der Waals surface area contributed by atoms with Gasteiger partial charge in [-0.15, -0.1) is 0 Å². The summed E-state index contributed by atoms with van der Waals surface area (Å²) in [5, 5.41) is 20.5. The van der Waals surface area contributed by atoms with Gasteiger partial charge in [-0.25, -0.2) is 4.98 Å². The van der Waals surface area contributed by atoms with Crippen molar-refractivity contribution in [2.45, 2.75) is 38.1 Å². The quantitative estimate of drug-likeness (QED) is 0.349. The average molecular weight is 474 g/mol. The van der Waals surface area contributed by atoms with Gasteiger partial charge >= 0.3 is 0 Å². The molecule has 2 aromatic carbocycles. The molecule has 7 nitrogen and oxygen atoms in total.